The van der Waals surface area contributed by atoms with Gasteiger partial charge in [0.2, 0.25) is 0 Å². The third kappa shape index (κ3) is 2.95. The maximum Gasteiger partial charge on any atom is 0.114 e. The molecule has 0 amide bonds. The molecule has 1 fully saturated rings. The molecule has 0 saturated carbocycles. The van der Waals surface area contributed by atoms with Gasteiger partial charge in [0.15, 0.2) is 0 Å². The van der Waals surface area contributed by atoms with E-state index in [4.69, 9.17) is 22.1 Å². The van der Waals surface area contributed by atoms with Gasteiger partial charge in [-0.25, -0.2) is 0 Å². The van der Waals surface area contributed by atoms with Crippen LogP contribution in [0.5, 0.6) is 0 Å². The van der Waals surface area contributed by atoms with Gasteiger partial charge in [-0.15, -0.1) is 17.3 Å². The molecule has 0 aromatic heterocycles. The van der Waals surface area contributed by atoms with Gasteiger partial charge >= 0.3 is 0 Å². The number of nitrogens with two attached hydrogens (primary N) is 1. The van der Waals surface area contributed by atoms with Crippen LogP contribution in [0, 0.1) is 11.8 Å². The van der Waals surface area contributed by atoms with Crippen molar-refractivity contribution >= 4 is 11.6 Å². The molecule has 1 heterocycles. The first-order chi connectivity index (χ1) is 7.82. The third-order valence-electron chi connectivity index (χ3n) is 3.30. The number of ether oxygens (including phenoxy) is 1. The van der Waals surface area contributed by atoms with Gasteiger partial charge in [-0.2, -0.15) is 0 Å². The Balaban J connectivity index is 2.97. The summed E-state index contributed by atoms with van der Waals surface area (Å²) in [4.78, 5) is -0.671. The van der Waals surface area contributed by atoms with Gasteiger partial charge in [0.25, 0.3) is 0 Å². The summed E-state index contributed by atoms with van der Waals surface area (Å²) in [7, 11) is 0. The van der Waals surface area contributed by atoms with Crippen LogP contribution in [0.4, 0.5) is 0 Å². The van der Waals surface area contributed by atoms with Crippen molar-refractivity contribution in [2.45, 2.75) is 57.2 Å². The largest absolute Gasteiger partial charge is 0.371 e. The molecular formula is C14H24ClNO. The molecule has 1 aliphatic rings. The van der Waals surface area contributed by atoms with E-state index in [1.54, 1.807) is 6.08 Å². The van der Waals surface area contributed by atoms with E-state index in [1.165, 1.54) is 0 Å². The van der Waals surface area contributed by atoms with Crippen LogP contribution in [0.1, 0.15) is 34.1 Å². The van der Waals surface area contributed by atoms with Crippen LogP contribution in [0.2, 0.25) is 0 Å². The summed E-state index contributed by atoms with van der Waals surface area (Å²) in [6.07, 6.45) is 2.65. The molecule has 0 bridgehead atoms. The smallest absolute Gasteiger partial charge is 0.114 e. The number of hydrogen-bond donors (Lipinski definition) is 1. The van der Waals surface area contributed by atoms with Gasteiger partial charge in [0.05, 0.1) is 18.2 Å². The fraction of sp³-hybridized carbons (Fsp3) is 0.786. The SMILES string of the molecule is C=C=C[C@@]1(Cl)[C@H](N)[C@@H](CC(C)C)O[C@H]1C(C)C. The van der Waals surface area contributed by atoms with Gasteiger partial charge in [-0.3, -0.25) is 0 Å². The minimum absolute atomic E-state index is 0.0181. The maximum atomic E-state index is 6.65. The summed E-state index contributed by atoms with van der Waals surface area (Å²) in [6.45, 7) is 12.1. The van der Waals surface area contributed by atoms with Crippen molar-refractivity contribution < 1.29 is 4.74 Å². The average Bonchev–Trinajstić information content (AvgIpc) is 2.43. The molecule has 0 aromatic rings. The van der Waals surface area contributed by atoms with Crippen LogP contribution < -0.4 is 5.73 Å². The lowest BCUT2D eigenvalue weighted by Crippen LogP contribution is -2.48. The molecule has 0 spiro atoms. The fourth-order valence-corrected chi connectivity index (χ4v) is 3.04. The molecule has 0 aliphatic carbocycles. The van der Waals surface area contributed by atoms with E-state index < -0.39 is 4.87 Å². The van der Waals surface area contributed by atoms with E-state index in [2.05, 4.69) is 40.0 Å². The Hall–Kier alpha value is -0.270. The Bertz CT molecular complexity index is 309. The van der Waals surface area contributed by atoms with Crippen molar-refractivity contribution in [3.05, 3.63) is 18.4 Å². The molecular weight excluding hydrogens is 234 g/mol. The molecule has 4 atom stereocenters. The Labute approximate surface area is 110 Å². The molecule has 1 aliphatic heterocycles. The molecule has 2 N–H and O–H groups in total. The molecule has 0 radical (unpaired) electrons. The molecule has 17 heavy (non-hydrogen) atoms. The highest BCUT2D eigenvalue weighted by atomic mass is 35.5. The Morgan fingerprint density at radius 1 is 1.47 bits per heavy atom. The molecule has 3 heteroatoms. The summed E-state index contributed by atoms with van der Waals surface area (Å²) in [5.74, 6) is 0.867. The lowest BCUT2D eigenvalue weighted by molar-refractivity contribution is 0.00415. The highest BCUT2D eigenvalue weighted by Crippen LogP contribution is 2.42. The van der Waals surface area contributed by atoms with Gasteiger partial charge in [-0.05, 0) is 24.3 Å². The standard InChI is InChI=1S/C14H24ClNO/c1-6-7-14(15)12(16)11(8-9(2)3)17-13(14)10(4)5/h7,9-13H,1,8,16H2,2-5H3/t11-,12-,13+,14-/m1/s1. The summed E-state index contributed by atoms with van der Waals surface area (Å²) >= 11 is 6.65. The maximum absolute atomic E-state index is 6.65. The first kappa shape index (κ1) is 14.8. The van der Waals surface area contributed by atoms with Gasteiger partial charge in [0, 0.05) is 0 Å². The molecule has 0 aromatic carbocycles. The average molecular weight is 258 g/mol. The van der Waals surface area contributed by atoms with E-state index in [0.717, 1.165) is 6.42 Å². The van der Waals surface area contributed by atoms with Crippen LogP contribution in [-0.4, -0.2) is 23.1 Å². The molecule has 1 rings (SSSR count). The van der Waals surface area contributed by atoms with E-state index >= 15 is 0 Å². The first-order valence-electron chi connectivity index (χ1n) is 6.29. The Morgan fingerprint density at radius 2 is 2.06 bits per heavy atom. The Kier molecular flexibility index (Phi) is 4.86. The highest BCUT2D eigenvalue weighted by Gasteiger charge is 2.53. The minimum atomic E-state index is -0.671. The second kappa shape index (κ2) is 5.58. The zero-order valence-corrected chi connectivity index (χ0v) is 12.0. The summed E-state index contributed by atoms with van der Waals surface area (Å²) in [5, 5.41) is 0. The van der Waals surface area contributed by atoms with Crippen molar-refractivity contribution in [3.63, 3.8) is 0 Å². The zero-order chi connectivity index (χ0) is 13.2. The highest BCUT2D eigenvalue weighted by molar-refractivity contribution is 6.26. The van der Waals surface area contributed by atoms with Gasteiger partial charge in [-0.1, -0.05) is 34.3 Å². The van der Waals surface area contributed by atoms with Crippen LogP contribution in [-0.2, 0) is 4.74 Å². The number of hydrogen-bond acceptors (Lipinski definition) is 2. The molecule has 98 valence electrons. The lowest BCUT2D eigenvalue weighted by atomic mass is 9.86. The minimum Gasteiger partial charge on any atom is -0.371 e. The quantitative estimate of drug-likeness (QED) is 0.621. The monoisotopic (exact) mass is 257 g/mol. The van der Waals surface area contributed by atoms with Crippen molar-refractivity contribution in [1.29, 1.82) is 0 Å². The first-order valence-corrected chi connectivity index (χ1v) is 6.67. The fourth-order valence-electron chi connectivity index (χ4n) is 2.52. The van der Waals surface area contributed by atoms with Crippen molar-refractivity contribution in [3.8, 4) is 0 Å². The van der Waals surface area contributed by atoms with Crippen LogP contribution in [0.25, 0.3) is 0 Å². The van der Waals surface area contributed by atoms with Gasteiger partial charge < -0.3 is 10.5 Å². The van der Waals surface area contributed by atoms with E-state index in [1.807, 2.05) is 0 Å². The predicted molar refractivity (Wildman–Crippen MR) is 73.2 cm³/mol. The van der Waals surface area contributed by atoms with Crippen molar-refractivity contribution in [1.82, 2.24) is 0 Å². The number of rotatable bonds is 4. The van der Waals surface area contributed by atoms with E-state index in [9.17, 15) is 0 Å². The van der Waals surface area contributed by atoms with Gasteiger partial charge in [0.1, 0.15) is 4.87 Å². The molecule has 2 nitrogen and oxygen atoms in total. The normalized spacial score (nSPS) is 37.5. The second-order valence-electron chi connectivity index (χ2n) is 5.67. The topological polar surface area (TPSA) is 35.2 Å². The summed E-state index contributed by atoms with van der Waals surface area (Å²) < 4.78 is 6.06. The van der Waals surface area contributed by atoms with E-state index in [0.29, 0.717) is 11.8 Å². The van der Waals surface area contributed by atoms with Crippen LogP contribution in [0.15, 0.2) is 18.4 Å². The molecule has 1 saturated heterocycles. The van der Waals surface area contributed by atoms with Crippen LogP contribution in [0.3, 0.4) is 0 Å². The van der Waals surface area contributed by atoms with Crippen LogP contribution >= 0.6 is 11.6 Å². The Morgan fingerprint density at radius 3 is 2.47 bits per heavy atom. The van der Waals surface area contributed by atoms with E-state index in [-0.39, 0.29) is 18.2 Å². The molecule has 0 unspecified atom stereocenters. The van der Waals surface area contributed by atoms with Crippen molar-refractivity contribution in [2.24, 2.45) is 17.6 Å². The zero-order valence-electron chi connectivity index (χ0n) is 11.2. The summed E-state index contributed by atoms with van der Waals surface area (Å²) in [6, 6.07) is -0.201. The predicted octanol–water partition coefficient (Wildman–Crippen LogP) is 3.10. The third-order valence-corrected chi connectivity index (χ3v) is 3.88. The number of halogens is 1. The lowest BCUT2D eigenvalue weighted by Gasteiger charge is -2.29. The summed E-state index contributed by atoms with van der Waals surface area (Å²) in [5.41, 5.74) is 9.04. The van der Waals surface area contributed by atoms with Crippen molar-refractivity contribution in [2.75, 3.05) is 0 Å². The number of alkyl halides is 1. The second-order valence-corrected chi connectivity index (χ2v) is 6.32.